The molecule has 0 atom stereocenters. The van der Waals surface area contributed by atoms with E-state index in [0.29, 0.717) is 5.56 Å². The number of hydrogen-bond donors (Lipinski definition) is 1. The van der Waals surface area contributed by atoms with Crippen LogP contribution >= 0.6 is 0 Å². The Bertz CT molecular complexity index is 624. The molecule has 0 radical (unpaired) electrons. The summed E-state index contributed by atoms with van der Waals surface area (Å²) in [6, 6.07) is 13.5. The highest BCUT2D eigenvalue weighted by Crippen LogP contribution is 2.21. The molecule has 0 amide bonds. The molecule has 104 valence electrons. The summed E-state index contributed by atoms with van der Waals surface area (Å²) < 4.78 is 0. The van der Waals surface area contributed by atoms with E-state index < -0.39 is 0 Å². The van der Waals surface area contributed by atoms with Crippen LogP contribution in [0.15, 0.2) is 42.5 Å². The number of nitrogens with one attached hydrogen (secondary N) is 1. The summed E-state index contributed by atoms with van der Waals surface area (Å²) in [5, 5.41) is 14.0. The van der Waals surface area contributed by atoms with Crippen molar-refractivity contribution in [3.05, 3.63) is 69.3 Å². The van der Waals surface area contributed by atoms with Gasteiger partial charge in [-0.25, -0.2) is 0 Å². The van der Waals surface area contributed by atoms with E-state index >= 15 is 0 Å². The molecular weight excluding hydrogens is 252 g/mol. The summed E-state index contributed by atoms with van der Waals surface area (Å²) >= 11 is 0. The topological polar surface area (TPSA) is 55.2 Å². The number of nitro benzene ring substituents is 1. The molecule has 0 aromatic heterocycles. The molecular formula is C16H18N2O2. The van der Waals surface area contributed by atoms with Crippen LogP contribution in [-0.2, 0) is 6.42 Å². The summed E-state index contributed by atoms with van der Waals surface area (Å²) in [6.45, 7) is 4.64. The maximum Gasteiger partial charge on any atom is 0.272 e. The molecule has 2 aromatic carbocycles. The SMILES string of the molecule is Cc1cccc(CCNc2ccc([N+](=O)[O-])c(C)c2)c1. The number of aryl methyl sites for hydroxylation is 2. The van der Waals surface area contributed by atoms with Crippen LogP contribution in [0.5, 0.6) is 0 Å². The molecule has 1 N–H and O–H groups in total. The molecule has 0 saturated carbocycles. The Kier molecular flexibility index (Phi) is 4.35. The molecule has 2 aromatic rings. The molecule has 0 aliphatic rings. The molecule has 0 aliphatic carbocycles. The lowest BCUT2D eigenvalue weighted by molar-refractivity contribution is -0.385. The Labute approximate surface area is 118 Å². The monoisotopic (exact) mass is 270 g/mol. The van der Waals surface area contributed by atoms with Gasteiger partial charge in [0.1, 0.15) is 0 Å². The van der Waals surface area contributed by atoms with Gasteiger partial charge in [-0.05, 0) is 38.0 Å². The fourth-order valence-electron chi connectivity index (χ4n) is 2.19. The van der Waals surface area contributed by atoms with Gasteiger partial charge in [-0.3, -0.25) is 10.1 Å². The maximum absolute atomic E-state index is 10.7. The van der Waals surface area contributed by atoms with E-state index in [1.807, 2.05) is 6.07 Å². The second kappa shape index (κ2) is 6.19. The van der Waals surface area contributed by atoms with Crippen LogP contribution in [0.1, 0.15) is 16.7 Å². The van der Waals surface area contributed by atoms with Gasteiger partial charge in [0, 0.05) is 23.9 Å². The zero-order valence-electron chi connectivity index (χ0n) is 11.7. The maximum atomic E-state index is 10.7. The fraction of sp³-hybridized carbons (Fsp3) is 0.250. The first kappa shape index (κ1) is 14.1. The van der Waals surface area contributed by atoms with Gasteiger partial charge < -0.3 is 5.32 Å². The Morgan fingerprint density at radius 1 is 1.15 bits per heavy atom. The fourth-order valence-corrected chi connectivity index (χ4v) is 2.19. The Morgan fingerprint density at radius 2 is 1.95 bits per heavy atom. The lowest BCUT2D eigenvalue weighted by Crippen LogP contribution is -2.05. The van der Waals surface area contributed by atoms with Crippen LogP contribution in [-0.4, -0.2) is 11.5 Å². The average molecular weight is 270 g/mol. The zero-order valence-corrected chi connectivity index (χ0v) is 11.7. The van der Waals surface area contributed by atoms with Crippen LogP contribution in [0.4, 0.5) is 11.4 Å². The molecule has 0 unspecified atom stereocenters. The van der Waals surface area contributed by atoms with Gasteiger partial charge in [0.15, 0.2) is 0 Å². The molecule has 0 aliphatic heterocycles. The minimum absolute atomic E-state index is 0.161. The molecule has 0 spiro atoms. The third-order valence-electron chi connectivity index (χ3n) is 3.22. The number of nitrogens with zero attached hydrogens (tertiary/aromatic N) is 1. The molecule has 0 bridgehead atoms. The van der Waals surface area contributed by atoms with Crippen LogP contribution in [0.3, 0.4) is 0 Å². The second-order valence-electron chi connectivity index (χ2n) is 4.92. The highest BCUT2D eigenvalue weighted by molar-refractivity contribution is 5.53. The summed E-state index contributed by atoms with van der Waals surface area (Å²) in [4.78, 5) is 10.4. The summed E-state index contributed by atoms with van der Waals surface area (Å²) in [7, 11) is 0. The van der Waals surface area contributed by atoms with E-state index in [4.69, 9.17) is 0 Å². The van der Waals surface area contributed by atoms with E-state index in [9.17, 15) is 10.1 Å². The largest absolute Gasteiger partial charge is 0.385 e. The molecule has 2 rings (SSSR count). The van der Waals surface area contributed by atoms with Crippen LogP contribution in [0.25, 0.3) is 0 Å². The molecule has 4 heteroatoms. The van der Waals surface area contributed by atoms with Crippen molar-refractivity contribution in [2.75, 3.05) is 11.9 Å². The highest BCUT2D eigenvalue weighted by Gasteiger charge is 2.09. The number of anilines is 1. The van der Waals surface area contributed by atoms with Crippen molar-refractivity contribution in [1.82, 2.24) is 0 Å². The first-order chi connectivity index (χ1) is 9.56. The summed E-state index contributed by atoms with van der Waals surface area (Å²) in [5.74, 6) is 0. The van der Waals surface area contributed by atoms with Crippen molar-refractivity contribution in [2.45, 2.75) is 20.3 Å². The van der Waals surface area contributed by atoms with Crippen molar-refractivity contribution >= 4 is 11.4 Å². The van der Waals surface area contributed by atoms with Crippen molar-refractivity contribution in [3.63, 3.8) is 0 Å². The number of rotatable bonds is 5. The summed E-state index contributed by atoms with van der Waals surface area (Å²) in [5.41, 5.74) is 4.30. The molecule has 0 heterocycles. The van der Waals surface area contributed by atoms with Gasteiger partial charge in [-0.1, -0.05) is 29.8 Å². The van der Waals surface area contributed by atoms with Gasteiger partial charge >= 0.3 is 0 Å². The Morgan fingerprint density at radius 3 is 2.60 bits per heavy atom. The predicted octanol–water partition coefficient (Wildman–Crippen LogP) is 3.87. The third-order valence-corrected chi connectivity index (χ3v) is 3.22. The molecule has 4 nitrogen and oxygen atoms in total. The van der Waals surface area contributed by atoms with Crippen LogP contribution in [0.2, 0.25) is 0 Å². The number of nitro groups is 1. The predicted molar refractivity (Wildman–Crippen MR) is 81.2 cm³/mol. The third kappa shape index (κ3) is 3.57. The molecule has 0 fully saturated rings. The quantitative estimate of drug-likeness (QED) is 0.663. The zero-order chi connectivity index (χ0) is 14.5. The molecule has 0 saturated heterocycles. The van der Waals surface area contributed by atoms with Gasteiger partial charge in [0.25, 0.3) is 5.69 Å². The van der Waals surface area contributed by atoms with Gasteiger partial charge in [-0.15, -0.1) is 0 Å². The highest BCUT2D eigenvalue weighted by atomic mass is 16.6. The van der Waals surface area contributed by atoms with Crippen molar-refractivity contribution in [1.29, 1.82) is 0 Å². The number of benzene rings is 2. The van der Waals surface area contributed by atoms with Gasteiger partial charge in [0.2, 0.25) is 0 Å². The van der Waals surface area contributed by atoms with Crippen LogP contribution in [0, 0.1) is 24.0 Å². The lowest BCUT2D eigenvalue weighted by atomic mass is 10.1. The standard InChI is InChI=1S/C16H18N2O2/c1-12-4-3-5-14(10-12)8-9-17-15-6-7-16(18(19)20)13(2)11-15/h3-7,10-11,17H,8-9H2,1-2H3. The van der Waals surface area contributed by atoms with E-state index in [1.54, 1.807) is 19.1 Å². The van der Waals surface area contributed by atoms with E-state index in [2.05, 4.69) is 36.5 Å². The Balaban J connectivity index is 1.94. The molecule has 20 heavy (non-hydrogen) atoms. The van der Waals surface area contributed by atoms with Gasteiger partial charge in [-0.2, -0.15) is 0 Å². The van der Waals surface area contributed by atoms with Crippen LogP contribution < -0.4 is 5.32 Å². The lowest BCUT2D eigenvalue weighted by Gasteiger charge is -2.08. The number of hydrogen-bond acceptors (Lipinski definition) is 3. The van der Waals surface area contributed by atoms with E-state index in [0.717, 1.165) is 18.7 Å². The first-order valence-electron chi connectivity index (χ1n) is 6.61. The smallest absolute Gasteiger partial charge is 0.272 e. The van der Waals surface area contributed by atoms with E-state index in [1.165, 1.54) is 11.1 Å². The Hall–Kier alpha value is -2.36. The summed E-state index contributed by atoms with van der Waals surface area (Å²) in [6.07, 6.45) is 0.928. The second-order valence-corrected chi connectivity index (χ2v) is 4.92. The van der Waals surface area contributed by atoms with Crippen molar-refractivity contribution < 1.29 is 4.92 Å². The average Bonchev–Trinajstić information content (AvgIpc) is 2.38. The van der Waals surface area contributed by atoms with Crippen molar-refractivity contribution in [3.8, 4) is 0 Å². The van der Waals surface area contributed by atoms with Crippen molar-refractivity contribution in [2.24, 2.45) is 0 Å². The minimum Gasteiger partial charge on any atom is -0.385 e. The minimum atomic E-state index is -0.355. The van der Waals surface area contributed by atoms with E-state index in [-0.39, 0.29) is 10.6 Å². The van der Waals surface area contributed by atoms with Gasteiger partial charge in [0.05, 0.1) is 4.92 Å². The first-order valence-corrected chi connectivity index (χ1v) is 6.61. The normalized spacial score (nSPS) is 10.3.